The van der Waals surface area contributed by atoms with E-state index in [1.165, 1.54) is 6.92 Å². The number of aliphatic imine (C=N–C) groups is 1. The number of nitrogens with one attached hydrogen (secondary N) is 1. The summed E-state index contributed by atoms with van der Waals surface area (Å²) in [4.78, 5) is 40.6. The highest BCUT2D eigenvalue weighted by Crippen LogP contribution is 2.44. The summed E-state index contributed by atoms with van der Waals surface area (Å²) in [5.74, 6) is -0.688. The van der Waals surface area contributed by atoms with Crippen molar-refractivity contribution in [2.24, 2.45) is 10.7 Å². The smallest absolute Gasteiger partial charge is 0.302 e. The number of amides is 2. The van der Waals surface area contributed by atoms with E-state index >= 15 is 0 Å². The van der Waals surface area contributed by atoms with Crippen LogP contribution in [-0.4, -0.2) is 47.9 Å². The molecule has 0 spiro atoms. The highest BCUT2D eigenvalue weighted by atomic mass is 35.5. The van der Waals surface area contributed by atoms with Gasteiger partial charge in [-0.3, -0.25) is 19.7 Å². The summed E-state index contributed by atoms with van der Waals surface area (Å²) in [6.07, 6.45) is 3.53. The first-order valence-corrected chi connectivity index (χ1v) is 10.2. The number of unbranched alkanes of at least 4 members (excludes halogenated alkanes) is 3. The van der Waals surface area contributed by atoms with Gasteiger partial charge in [0.1, 0.15) is 5.75 Å². The van der Waals surface area contributed by atoms with Crippen molar-refractivity contribution >= 4 is 41.0 Å². The molecule has 0 aromatic heterocycles. The number of benzene rings is 1. The molecule has 1 aromatic carbocycles. The fourth-order valence-corrected chi connectivity index (χ4v) is 4.00. The largest absolute Gasteiger partial charge is 0.492 e. The predicted octanol–water partition coefficient (Wildman–Crippen LogP) is 2.19. The van der Waals surface area contributed by atoms with Gasteiger partial charge in [0.15, 0.2) is 6.04 Å². The highest BCUT2D eigenvalue weighted by Gasteiger charge is 2.46. The lowest BCUT2D eigenvalue weighted by atomic mass is 10.0. The Morgan fingerprint density at radius 1 is 1.23 bits per heavy atom. The van der Waals surface area contributed by atoms with Gasteiger partial charge in [0, 0.05) is 12.5 Å². The van der Waals surface area contributed by atoms with Gasteiger partial charge >= 0.3 is 5.97 Å². The van der Waals surface area contributed by atoms with Crippen molar-refractivity contribution in [2.75, 3.05) is 13.2 Å². The number of carbonyl (C=O) groups is 3. The molecule has 2 heterocycles. The minimum atomic E-state index is -1.13. The number of guanidine groups is 1. The monoisotopic (exact) mass is 436 g/mol. The van der Waals surface area contributed by atoms with Crippen LogP contribution < -0.4 is 15.8 Å². The zero-order valence-corrected chi connectivity index (χ0v) is 17.7. The minimum absolute atomic E-state index is 0.262. The number of fused-ring (bicyclic) bond motifs is 2. The third-order valence-electron chi connectivity index (χ3n) is 5.06. The highest BCUT2D eigenvalue weighted by molar-refractivity contribution is 6.33. The molecule has 0 radical (unpaired) electrons. The van der Waals surface area contributed by atoms with Crippen LogP contribution in [0.4, 0.5) is 5.69 Å². The molecule has 3 rings (SSSR count). The first-order valence-electron chi connectivity index (χ1n) is 9.87. The lowest BCUT2D eigenvalue weighted by molar-refractivity contribution is -0.141. The lowest BCUT2D eigenvalue weighted by Crippen LogP contribution is -2.47. The molecular weight excluding hydrogens is 412 g/mol. The number of ether oxygens (including phenoxy) is 2. The van der Waals surface area contributed by atoms with Crippen LogP contribution in [0.1, 0.15) is 51.1 Å². The SMILES string of the molecule is CC(=O)OCCCCCCOc1ccc2c(c1Cl)C(C)N1C(=N2)NC(=O)C1C(N)=O. The van der Waals surface area contributed by atoms with Crippen LogP contribution >= 0.6 is 11.6 Å². The van der Waals surface area contributed by atoms with E-state index in [1.54, 1.807) is 17.0 Å². The number of primary amides is 1. The van der Waals surface area contributed by atoms with Gasteiger partial charge in [0.2, 0.25) is 11.9 Å². The summed E-state index contributed by atoms with van der Waals surface area (Å²) in [5.41, 5.74) is 6.70. The number of nitrogens with two attached hydrogens (primary N) is 1. The van der Waals surface area contributed by atoms with E-state index in [9.17, 15) is 14.4 Å². The summed E-state index contributed by atoms with van der Waals surface area (Å²) < 4.78 is 10.7. The molecule has 10 heteroatoms. The normalized spacial score (nSPS) is 19.5. The standard InChI is InChI=1S/C20H25ClN4O5/c1-11-15-13(23-20-24-19(28)17(18(22)27)25(11)20)7-8-14(16(15)21)30-10-6-4-3-5-9-29-12(2)26/h7-8,11,17H,3-6,9-10H2,1-2H3,(H2,22,27)(H,23,24,28). The van der Waals surface area contributed by atoms with E-state index in [2.05, 4.69) is 10.3 Å². The number of carbonyl (C=O) groups excluding carboxylic acids is 3. The average molecular weight is 437 g/mol. The van der Waals surface area contributed by atoms with Crippen LogP contribution in [-0.2, 0) is 19.1 Å². The Balaban J connectivity index is 1.61. The van der Waals surface area contributed by atoms with Crippen molar-refractivity contribution in [3.8, 4) is 5.75 Å². The lowest BCUT2D eigenvalue weighted by Gasteiger charge is -2.33. The molecule has 2 aliphatic heterocycles. The molecule has 0 saturated carbocycles. The van der Waals surface area contributed by atoms with Crippen molar-refractivity contribution in [3.05, 3.63) is 22.7 Å². The van der Waals surface area contributed by atoms with Crippen LogP contribution in [0, 0.1) is 0 Å². The van der Waals surface area contributed by atoms with Crippen LogP contribution in [0.25, 0.3) is 0 Å². The summed E-state index contributed by atoms with van der Waals surface area (Å²) in [6, 6.07) is 2.01. The molecule has 0 aliphatic carbocycles. The molecule has 162 valence electrons. The van der Waals surface area contributed by atoms with Crippen molar-refractivity contribution in [1.82, 2.24) is 10.2 Å². The van der Waals surface area contributed by atoms with Crippen molar-refractivity contribution in [1.29, 1.82) is 0 Å². The molecule has 3 N–H and O–H groups in total. The average Bonchev–Trinajstić information content (AvgIpc) is 3.01. The second-order valence-electron chi connectivity index (χ2n) is 7.23. The summed E-state index contributed by atoms with van der Waals surface area (Å²) in [6.45, 7) is 4.16. The van der Waals surface area contributed by atoms with Crippen molar-refractivity contribution in [3.63, 3.8) is 0 Å². The van der Waals surface area contributed by atoms with Gasteiger partial charge in [-0.2, -0.15) is 0 Å². The van der Waals surface area contributed by atoms with Crippen LogP contribution in [0.5, 0.6) is 5.75 Å². The van der Waals surface area contributed by atoms with Crippen LogP contribution in [0.2, 0.25) is 5.02 Å². The number of nitrogens with zero attached hydrogens (tertiary/aromatic N) is 2. The maximum atomic E-state index is 12.1. The zero-order chi connectivity index (χ0) is 21.8. The number of hydrogen-bond donors (Lipinski definition) is 2. The summed E-state index contributed by atoms with van der Waals surface area (Å²) in [7, 11) is 0. The molecule has 2 aliphatic rings. The first-order chi connectivity index (χ1) is 14.3. The van der Waals surface area contributed by atoms with E-state index in [4.69, 9.17) is 26.8 Å². The maximum Gasteiger partial charge on any atom is 0.302 e. The molecule has 2 atom stereocenters. The number of hydrogen-bond acceptors (Lipinski definition) is 7. The molecule has 2 unspecified atom stereocenters. The van der Waals surface area contributed by atoms with Gasteiger partial charge in [0.25, 0.3) is 5.91 Å². The Bertz CT molecular complexity index is 888. The van der Waals surface area contributed by atoms with Crippen LogP contribution in [0.15, 0.2) is 17.1 Å². The molecule has 2 amide bonds. The Kier molecular flexibility index (Phi) is 6.81. The fraction of sp³-hybridized carbons (Fsp3) is 0.500. The van der Waals surface area contributed by atoms with Crippen molar-refractivity contribution in [2.45, 2.75) is 51.6 Å². The second kappa shape index (κ2) is 9.34. The fourth-order valence-electron chi connectivity index (χ4n) is 3.63. The number of rotatable bonds is 9. The third kappa shape index (κ3) is 4.51. The summed E-state index contributed by atoms with van der Waals surface area (Å²) in [5, 5.41) is 3.00. The van der Waals surface area contributed by atoms with E-state index in [0.717, 1.165) is 25.7 Å². The van der Waals surface area contributed by atoms with E-state index in [1.807, 2.05) is 6.92 Å². The third-order valence-corrected chi connectivity index (χ3v) is 5.45. The molecule has 1 saturated heterocycles. The van der Waals surface area contributed by atoms with Gasteiger partial charge < -0.3 is 20.1 Å². The van der Waals surface area contributed by atoms with E-state index < -0.39 is 17.9 Å². The Morgan fingerprint density at radius 3 is 2.60 bits per heavy atom. The van der Waals surface area contributed by atoms with Gasteiger partial charge in [-0.05, 0) is 44.7 Å². The number of esters is 1. The Hall–Kier alpha value is -2.81. The molecule has 30 heavy (non-hydrogen) atoms. The molecular formula is C20H25ClN4O5. The minimum Gasteiger partial charge on any atom is -0.492 e. The molecule has 9 nitrogen and oxygen atoms in total. The molecule has 1 fully saturated rings. The second-order valence-corrected chi connectivity index (χ2v) is 7.60. The Morgan fingerprint density at radius 2 is 1.93 bits per heavy atom. The molecule has 1 aromatic rings. The van der Waals surface area contributed by atoms with Crippen LogP contribution in [0.3, 0.4) is 0 Å². The van der Waals surface area contributed by atoms with Crippen molar-refractivity contribution < 1.29 is 23.9 Å². The topological polar surface area (TPSA) is 123 Å². The first kappa shape index (κ1) is 21.9. The number of halogens is 1. The van der Waals surface area contributed by atoms with Gasteiger partial charge in [0.05, 0.1) is 30.0 Å². The predicted molar refractivity (Wildman–Crippen MR) is 111 cm³/mol. The van der Waals surface area contributed by atoms with E-state index in [0.29, 0.717) is 41.2 Å². The Labute approximate surface area is 179 Å². The molecule has 0 bridgehead atoms. The van der Waals surface area contributed by atoms with Gasteiger partial charge in [-0.15, -0.1) is 0 Å². The zero-order valence-electron chi connectivity index (χ0n) is 16.9. The quantitative estimate of drug-likeness (QED) is 0.347. The van der Waals surface area contributed by atoms with Gasteiger partial charge in [-0.1, -0.05) is 11.6 Å². The van der Waals surface area contributed by atoms with E-state index in [-0.39, 0.29) is 12.0 Å². The van der Waals surface area contributed by atoms with Gasteiger partial charge in [-0.25, -0.2) is 4.99 Å². The summed E-state index contributed by atoms with van der Waals surface area (Å²) >= 11 is 6.60. The maximum absolute atomic E-state index is 12.1.